The van der Waals surface area contributed by atoms with Crippen LogP contribution in [0.2, 0.25) is 0 Å². The summed E-state index contributed by atoms with van der Waals surface area (Å²) >= 11 is 0. The minimum atomic E-state index is -0.0478. The number of likely N-dealkylation sites (tertiary alicyclic amines) is 1. The number of hydrogen-bond acceptors (Lipinski definition) is 5. The molecular formula is C18H20N6O2. The monoisotopic (exact) mass is 352 g/mol. The zero-order valence-electron chi connectivity index (χ0n) is 14.5. The number of aromatic nitrogens is 5. The highest BCUT2D eigenvalue weighted by Crippen LogP contribution is 2.22. The van der Waals surface area contributed by atoms with Crippen molar-refractivity contribution in [1.82, 2.24) is 29.4 Å². The Kier molecular flexibility index (Phi) is 4.49. The van der Waals surface area contributed by atoms with Crippen LogP contribution in [0, 0.1) is 0 Å². The summed E-state index contributed by atoms with van der Waals surface area (Å²) in [4.78, 5) is 18.1. The third kappa shape index (κ3) is 3.50. The van der Waals surface area contributed by atoms with E-state index < -0.39 is 0 Å². The van der Waals surface area contributed by atoms with Gasteiger partial charge in [-0.3, -0.25) is 4.79 Å². The Balaban J connectivity index is 1.26. The summed E-state index contributed by atoms with van der Waals surface area (Å²) in [6.07, 6.45) is 5.25. The fraction of sp³-hybridized carbons (Fsp3) is 0.333. The second-order valence-corrected chi connectivity index (χ2v) is 6.46. The lowest BCUT2D eigenvalue weighted by atomic mass is 10.1. The fourth-order valence-corrected chi connectivity index (χ4v) is 2.88. The smallest absolute Gasteiger partial charge is 0.274 e. The molecule has 3 aromatic rings. The SMILES string of the molecule is Cn1cnc(C(=O)N2CC(n3cc(COCc4ccccc4)nn3)C2)c1. The maximum Gasteiger partial charge on any atom is 0.274 e. The maximum atomic E-state index is 12.3. The molecular weight excluding hydrogens is 332 g/mol. The van der Waals surface area contributed by atoms with Gasteiger partial charge >= 0.3 is 0 Å². The van der Waals surface area contributed by atoms with Gasteiger partial charge in [0.05, 0.1) is 31.8 Å². The molecule has 0 unspecified atom stereocenters. The Bertz CT molecular complexity index is 882. The van der Waals surface area contributed by atoms with E-state index in [1.54, 1.807) is 22.0 Å². The summed E-state index contributed by atoms with van der Waals surface area (Å²) < 4.78 is 9.26. The lowest BCUT2D eigenvalue weighted by Gasteiger charge is -2.38. The molecule has 0 radical (unpaired) electrons. The lowest BCUT2D eigenvalue weighted by Crippen LogP contribution is -2.51. The van der Waals surface area contributed by atoms with Gasteiger partial charge in [-0.15, -0.1) is 5.10 Å². The first-order chi connectivity index (χ1) is 12.7. The minimum absolute atomic E-state index is 0.0478. The van der Waals surface area contributed by atoms with Gasteiger partial charge in [0, 0.05) is 26.3 Å². The van der Waals surface area contributed by atoms with Crippen LogP contribution in [0.25, 0.3) is 0 Å². The molecule has 1 fully saturated rings. The Hall–Kier alpha value is -3.00. The van der Waals surface area contributed by atoms with E-state index in [9.17, 15) is 4.79 Å². The van der Waals surface area contributed by atoms with E-state index in [0.29, 0.717) is 32.0 Å². The van der Waals surface area contributed by atoms with Crippen LogP contribution in [-0.2, 0) is 25.0 Å². The summed E-state index contributed by atoms with van der Waals surface area (Å²) in [6.45, 7) is 2.19. The van der Waals surface area contributed by atoms with E-state index in [1.807, 2.05) is 48.3 Å². The van der Waals surface area contributed by atoms with Crippen molar-refractivity contribution >= 4 is 5.91 Å². The summed E-state index contributed by atoms with van der Waals surface area (Å²) in [5.74, 6) is -0.0478. The molecule has 0 spiro atoms. The average Bonchev–Trinajstić information content (AvgIpc) is 3.24. The molecule has 0 aliphatic carbocycles. The van der Waals surface area contributed by atoms with Crippen LogP contribution in [0.3, 0.4) is 0 Å². The molecule has 0 atom stereocenters. The van der Waals surface area contributed by atoms with E-state index in [1.165, 1.54) is 0 Å². The number of amides is 1. The first-order valence-electron chi connectivity index (χ1n) is 8.48. The van der Waals surface area contributed by atoms with Crippen molar-refractivity contribution < 1.29 is 9.53 Å². The molecule has 8 heteroatoms. The number of rotatable bonds is 6. The highest BCUT2D eigenvalue weighted by molar-refractivity contribution is 5.92. The molecule has 2 aromatic heterocycles. The standard InChI is InChI=1S/C18H20N6O2/c1-22-10-17(19-13-22)18(25)23-8-16(9-23)24-7-15(20-21-24)12-26-11-14-5-3-2-4-6-14/h2-7,10,13,16H,8-9,11-12H2,1H3. The van der Waals surface area contributed by atoms with E-state index in [4.69, 9.17) is 4.74 Å². The summed E-state index contributed by atoms with van der Waals surface area (Å²) in [7, 11) is 1.85. The molecule has 134 valence electrons. The van der Waals surface area contributed by atoms with Gasteiger partial charge in [0.1, 0.15) is 11.4 Å². The Labute approximate surface area is 151 Å². The maximum absolute atomic E-state index is 12.3. The minimum Gasteiger partial charge on any atom is -0.370 e. The summed E-state index contributed by atoms with van der Waals surface area (Å²) in [6, 6.07) is 10.2. The fourth-order valence-electron chi connectivity index (χ4n) is 2.88. The normalized spacial score (nSPS) is 14.4. The summed E-state index contributed by atoms with van der Waals surface area (Å²) in [5.41, 5.74) is 2.39. The molecule has 1 saturated heterocycles. The Morgan fingerprint density at radius 3 is 2.73 bits per heavy atom. The van der Waals surface area contributed by atoms with Crippen LogP contribution < -0.4 is 0 Å². The largest absolute Gasteiger partial charge is 0.370 e. The van der Waals surface area contributed by atoms with Gasteiger partial charge in [-0.2, -0.15) is 0 Å². The molecule has 26 heavy (non-hydrogen) atoms. The molecule has 0 bridgehead atoms. The third-order valence-electron chi connectivity index (χ3n) is 4.37. The molecule has 0 saturated carbocycles. The molecule has 1 aliphatic rings. The van der Waals surface area contributed by atoms with Crippen molar-refractivity contribution in [2.45, 2.75) is 19.3 Å². The van der Waals surface area contributed by atoms with Crippen LogP contribution in [-0.4, -0.2) is 48.4 Å². The number of imidazole rings is 1. The Morgan fingerprint density at radius 2 is 2.00 bits per heavy atom. The number of aryl methyl sites for hydroxylation is 1. The van der Waals surface area contributed by atoms with E-state index in [-0.39, 0.29) is 11.9 Å². The number of nitrogens with zero attached hydrogens (tertiary/aromatic N) is 6. The van der Waals surface area contributed by atoms with Gasteiger partial charge in [0.15, 0.2) is 0 Å². The van der Waals surface area contributed by atoms with Crippen molar-refractivity contribution in [3.8, 4) is 0 Å². The van der Waals surface area contributed by atoms with Crippen molar-refractivity contribution in [3.05, 3.63) is 66.0 Å². The van der Waals surface area contributed by atoms with E-state index in [2.05, 4.69) is 15.3 Å². The van der Waals surface area contributed by atoms with Crippen molar-refractivity contribution in [1.29, 1.82) is 0 Å². The van der Waals surface area contributed by atoms with Crippen molar-refractivity contribution in [3.63, 3.8) is 0 Å². The zero-order valence-corrected chi connectivity index (χ0v) is 14.5. The third-order valence-corrected chi connectivity index (χ3v) is 4.37. The number of carbonyl (C=O) groups is 1. The van der Waals surface area contributed by atoms with Gasteiger partial charge in [-0.25, -0.2) is 9.67 Å². The molecule has 1 aliphatic heterocycles. The first-order valence-corrected chi connectivity index (χ1v) is 8.48. The highest BCUT2D eigenvalue weighted by atomic mass is 16.5. The molecule has 1 amide bonds. The molecule has 3 heterocycles. The average molecular weight is 352 g/mol. The number of hydrogen-bond donors (Lipinski definition) is 0. The number of ether oxygens (including phenoxy) is 1. The van der Waals surface area contributed by atoms with Gasteiger partial charge in [-0.05, 0) is 5.56 Å². The van der Waals surface area contributed by atoms with Crippen LogP contribution >= 0.6 is 0 Å². The highest BCUT2D eigenvalue weighted by Gasteiger charge is 2.34. The molecule has 0 N–H and O–H groups in total. The van der Waals surface area contributed by atoms with Crippen LogP contribution in [0.4, 0.5) is 0 Å². The Morgan fingerprint density at radius 1 is 1.19 bits per heavy atom. The lowest BCUT2D eigenvalue weighted by molar-refractivity contribution is 0.0492. The van der Waals surface area contributed by atoms with Gasteiger partial charge in [0.2, 0.25) is 0 Å². The number of carbonyl (C=O) groups excluding carboxylic acids is 1. The number of benzene rings is 1. The molecule has 4 rings (SSSR count). The second kappa shape index (κ2) is 7.09. The van der Waals surface area contributed by atoms with E-state index in [0.717, 1.165) is 11.3 Å². The quantitative estimate of drug-likeness (QED) is 0.671. The van der Waals surface area contributed by atoms with Crippen LogP contribution in [0.15, 0.2) is 49.1 Å². The molecule has 8 nitrogen and oxygen atoms in total. The first kappa shape index (κ1) is 16.5. The zero-order chi connectivity index (χ0) is 17.9. The predicted molar refractivity (Wildman–Crippen MR) is 93.1 cm³/mol. The summed E-state index contributed by atoms with van der Waals surface area (Å²) in [5, 5.41) is 8.31. The van der Waals surface area contributed by atoms with Crippen molar-refractivity contribution in [2.75, 3.05) is 13.1 Å². The van der Waals surface area contributed by atoms with E-state index >= 15 is 0 Å². The van der Waals surface area contributed by atoms with Gasteiger partial charge in [-0.1, -0.05) is 35.5 Å². The van der Waals surface area contributed by atoms with Crippen LogP contribution in [0.5, 0.6) is 0 Å². The van der Waals surface area contributed by atoms with Crippen molar-refractivity contribution in [2.24, 2.45) is 7.05 Å². The van der Waals surface area contributed by atoms with Crippen LogP contribution in [0.1, 0.15) is 27.8 Å². The molecule has 1 aromatic carbocycles. The predicted octanol–water partition coefficient (Wildman–Crippen LogP) is 1.43. The second-order valence-electron chi connectivity index (χ2n) is 6.46. The van der Waals surface area contributed by atoms with Gasteiger partial charge in [0.25, 0.3) is 5.91 Å². The topological polar surface area (TPSA) is 78.1 Å². The van der Waals surface area contributed by atoms with Gasteiger partial charge < -0.3 is 14.2 Å².